The van der Waals surface area contributed by atoms with Gasteiger partial charge in [0.25, 0.3) is 0 Å². The summed E-state index contributed by atoms with van der Waals surface area (Å²) >= 11 is 0. The van der Waals surface area contributed by atoms with Crippen molar-refractivity contribution in [3.05, 3.63) is 95.5 Å². The average Bonchev–Trinajstić information content (AvgIpc) is 3.29. The summed E-state index contributed by atoms with van der Waals surface area (Å²) in [6, 6.07) is 17.7. The first-order valence-corrected chi connectivity index (χ1v) is 11.5. The number of sulfonamides is 1. The number of furan rings is 1. The Morgan fingerprint density at radius 1 is 1.06 bits per heavy atom. The summed E-state index contributed by atoms with van der Waals surface area (Å²) in [5.41, 5.74) is 2.96. The van der Waals surface area contributed by atoms with Gasteiger partial charge in [0.1, 0.15) is 5.76 Å². The largest absolute Gasteiger partial charge is 0.468 e. The molecule has 3 rings (SSSR count). The van der Waals surface area contributed by atoms with Crippen molar-refractivity contribution in [2.45, 2.75) is 37.8 Å². The van der Waals surface area contributed by atoms with Crippen LogP contribution in [0, 0.1) is 6.92 Å². The van der Waals surface area contributed by atoms with E-state index in [2.05, 4.69) is 10.0 Å². The molecule has 1 amide bonds. The van der Waals surface area contributed by atoms with Gasteiger partial charge in [0.15, 0.2) is 0 Å². The molecular formula is C24H26N2O4S. The zero-order valence-corrected chi connectivity index (χ0v) is 18.4. The Morgan fingerprint density at radius 3 is 2.39 bits per heavy atom. The van der Waals surface area contributed by atoms with Gasteiger partial charge in [-0.15, -0.1) is 0 Å². The van der Waals surface area contributed by atoms with Crippen molar-refractivity contribution in [1.82, 2.24) is 10.0 Å². The summed E-state index contributed by atoms with van der Waals surface area (Å²) in [6.07, 6.45) is 5.38. The number of aryl methyl sites for hydroxylation is 1. The maximum absolute atomic E-state index is 12.4. The number of hydrogen-bond acceptors (Lipinski definition) is 4. The molecular weight excluding hydrogens is 412 g/mol. The molecule has 3 aromatic rings. The summed E-state index contributed by atoms with van der Waals surface area (Å²) in [5, 5.41) is 3.00. The van der Waals surface area contributed by atoms with Crippen LogP contribution in [-0.2, 0) is 21.4 Å². The van der Waals surface area contributed by atoms with Gasteiger partial charge >= 0.3 is 0 Å². The van der Waals surface area contributed by atoms with Crippen LogP contribution in [0.5, 0.6) is 0 Å². The Bertz CT molecular complexity index is 1120. The summed E-state index contributed by atoms with van der Waals surface area (Å²) in [4.78, 5) is 12.5. The zero-order valence-electron chi connectivity index (χ0n) is 17.5. The van der Waals surface area contributed by atoms with Gasteiger partial charge in [0, 0.05) is 6.08 Å². The molecule has 162 valence electrons. The quantitative estimate of drug-likeness (QED) is 0.486. The van der Waals surface area contributed by atoms with Gasteiger partial charge in [-0.25, -0.2) is 13.1 Å². The summed E-state index contributed by atoms with van der Waals surface area (Å²) < 4.78 is 32.4. The van der Waals surface area contributed by atoms with E-state index in [1.54, 1.807) is 30.3 Å². The van der Waals surface area contributed by atoms with Crippen molar-refractivity contribution < 1.29 is 17.6 Å². The second-order valence-electron chi connectivity index (χ2n) is 7.19. The van der Waals surface area contributed by atoms with Gasteiger partial charge in [-0.05, 0) is 54.8 Å². The van der Waals surface area contributed by atoms with Crippen molar-refractivity contribution in [1.29, 1.82) is 0 Å². The van der Waals surface area contributed by atoms with E-state index >= 15 is 0 Å². The molecule has 1 atom stereocenters. The van der Waals surface area contributed by atoms with Crippen molar-refractivity contribution in [3.8, 4) is 0 Å². The fourth-order valence-electron chi connectivity index (χ4n) is 3.03. The van der Waals surface area contributed by atoms with Crippen LogP contribution in [-0.4, -0.2) is 14.3 Å². The first kappa shape index (κ1) is 22.5. The SMILES string of the molecule is CCC(NC(=O)/C=C/c1ccc(S(=O)(=O)NCc2ccco2)cc1)c1ccc(C)cc1. The molecule has 1 heterocycles. The second-order valence-corrected chi connectivity index (χ2v) is 8.95. The zero-order chi connectivity index (χ0) is 22.3. The molecule has 2 aromatic carbocycles. The Balaban J connectivity index is 1.59. The molecule has 1 aromatic heterocycles. The van der Waals surface area contributed by atoms with Crippen molar-refractivity contribution >= 4 is 22.0 Å². The smallest absolute Gasteiger partial charge is 0.244 e. The Morgan fingerprint density at radius 2 is 1.77 bits per heavy atom. The third-order valence-corrected chi connectivity index (χ3v) is 6.26. The highest BCUT2D eigenvalue weighted by molar-refractivity contribution is 7.89. The van der Waals surface area contributed by atoms with Gasteiger partial charge in [-0.1, -0.05) is 48.9 Å². The highest BCUT2D eigenvalue weighted by atomic mass is 32.2. The maximum Gasteiger partial charge on any atom is 0.244 e. The predicted molar refractivity (Wildman–Crippen MR) is 121 cm³/mol. The van der Waals surface area contributed by atoms with E-state index in [-0.39, 0.29) is 23.4 Å². The number of hydrogen-bond donors (Lipinski definition) is 2. The minimum Gasteiger partial charge on any atom is -0.468 e. The monoisotopic (exact) mass is 438 g/mol. The van der Waals surface area contributed by atoms with Gasteiger partial charge < -0.3 is 9.73 Å². The van der Waals surface area contributed by atoms with E-state index in [1.807, 2.05) is 38.1 Å². The van der Waals surface area contributed by atoms with Crippen molar-refractivity contribution in [3.63, 3.8) is 0 Å². The van der Waals surface area contributed by atoms with E-state index in [0.29, 0.717) is 5.76 Å². The van der Waals surface area contributed by atoms with Crippen molar-refractivity contribution in [2.75, 3.05) is 0 Å². The molecule has 0 saturated heterocycles. The van der Waals surface area contributed by atoms with Crippen LogP contribution in [0.15, 0.2) is 82.3 Å². The molecule has 0 aliphatic rings. The summed E-state index contributed by atoms with van der Waals surface area (Å²) in [5.74, 6) is 0.328. The Labute approximate surface area is 183 Å². The molecule has 0 aliphatic carbocycles. The van der Waals surface area contributed by atoms with Crippen LogP contribution in [0.1, 0.15) is 41.8 Å². The van der Waals surface area contributed by atoms with Crippen LogP contribution >= 0.6 is 0 Å². The number of rotatable bonds is 9. The number of amides is 1. The molecule has 0 bridgehead atoms. The molecule has 2 N–H and O–H groups in total. The molecule has 0 saturated carbocycles. The topological polar surface area (TPSA) is 88.4 Å². The van der Waals surface area contributed by atoms with E-state index in [1.165, 1.54) is 30.0 Å². The first-order chi connectivity index (χ1) is 14.9. The maximum atomic E-state index is 12.4. The highest BCUT2D eigenvalue weighted by Crippen LogP contribution is 2.17. The lowest BCUT2D eigenvalue weighted by Gasteiger charge is -2.16. The first-order valence-electron chi connectivity index (χ1n) is 10.0. The number of carbonyl (C=O) groups is 1. The molecule has 1 unspecified atom stereocenters. The highest BCUT2D eigenvalue weighted by Gasteiger charge is 2.14. The molecule has 0 spiro atoms. The molecule has 0 radical (unpaired) electrons. The number of nitrogens with one attached hydrogen (secondary N) is 2. The number of benzene rings is 2. The van der Waals surface area contributed by atoms with Crippen LogP contribution in [0.25, 0.3) is 6.08 Å². The summed E-state index contributed by atoms with van der Waals surface area (Å²) in [7, 11) is -3.65. The van der Waals surface area contributed by atoms with Crippen LogP contribution in [0.2, 0.25) is 0 Å². The standard InChI is InChI=1S/C24H26N2O4S/c1-3-23(20-11-6-18(2)7-12-20)26-24(27)15-10-19-8-13-22(14-9-19)31(28,29)25-17-21-5-4-16-30-21/h4-16,23,25H,3,17H2,1-2H3,(H,26,27)/b15-10+. The molecule has 7 heteroatoms. The molecule has 6 nitrogen and oxygen atoms in total. The van der Waals surface area contributed by atoms with Crippen LogP contribution in [0.3, 0.4) is 0 Å². The van der Waals surface area contributed by atoms with Gasteiger partial charge in [0.2, 0.25) is 15.9 Å². The lowest BCUT2D eigenvalue weighted by molar-refractivity contribution is -0.117. The van der Waals surface area contributed by atoms with Gasteiger partial charge in [-0.2, -0.15) is 0 Å². The average molecular weight is 439 g/mol. The molecule has 31 heavy (non-hydrogen) atoms. The fraction of sp³-hybridized carbons (Fsp3) is 0.208. The molecule has 0 aliphatic heterocycles. The van der Waals surface area contributed by atoms with Crippen LogP contribution < -0.4 is 10.0 Å². The second kappa shape index (κ2) is 10.2. The van der Waals surface area contributed by atoms with Crippen molar-refractivity contribution in [2.24, 2.45) is 0 Å². The third kappa shape index (κ3) is 6.41. The van der Waals surface area contributed by atoms with Gasteiger partial charge in [-0.3, -0.25) is 4.79 Å². The fourth-order valence-corrected chi connectivity index (χ4v) is 4.03. The minimum atomic E-state index is -3.65. The Kier molecular flexibility index (Phi) is 7.44. The lowest BCUT2D eigenvalue weighted by Crippen LogP contribution is -2.26. The van der Waals surface area contributed by atoms with E-state index < -0.39 is 10.0 Å². The number of carbonyl (C=O) groups excluding carboxylic acids is 1. The van der Waals surface area contributed by atoms with Crippen LogP contribution in [0.4, 0.5) is 0 Å². The lowest BCUT2D eigenvalue weighted by atomic mass is 10.0. The summed E-state index contributed by atoms with van der Waals surface area (Å²) in [6.45, 7) is 4.13. The molecule has 0 fully saturated rings. The predicted octanol–water partition coefficient (Wildman–Crippen LogP) is 4.35. The van der Waals surface area contributed by atoms with E-state index in [9.17, 15) is 13.2 Å². The Hall–Kier alpha value is -3.16. The minimum absolute atomic E-state index is 0.0643. The van der Waals surface area contributed by atoms with E-state index in [0.717, 1.165) is 17.5 Å². The normalized spacial score (nSPS) is 12.7. The third-order valence-electron chi connectivity index (χ3n) is 4.84. The van der Waals surface area contributed by atoms with E-state index in [4.69, 9.17) is 4.42 Å². The van der Waals surface area contributed by atoms with Gasteiger partial charge in [0.05, 0.1) is 23.7 Å².